The van der Waals surface area contributed by atoms with E-state index in [0.717, 1.165) is 44.9 Å². The van der Waals surface area contributed by atoms with Gasteiger partial charge in [0.25, 0.3) is 0 Å². The summed E-state index contributed by atoms with van der Waals surface area (Å²) >= 11 is 0. The Balaban J connectivity index is 3.41. The first-order valence-corrected chi connectivity index (χ1v) is 39.8. The zero-order valence-corrected chi connectivity index (χ0v) is 59.0. The fraction of sp³-hybridized carbons (Fsp3) is 0.901. The van der Waals surface area contributed by atoms with Gasteiger partial charge in [-0.1, -0.05) is 403 Å². The average molecular weight is 1220 g/mol. The molecule has 0 saturated carbocycles. The lowest BCUT2D eigenvalue weighted by Crippen LogP contribution is -2.45. The van der Waals surface area contributed by atoms with Crippen molar-refractivity contribution in [2.45, 2.75) is 456 Å². The maximum Gasteiger partial charge on any atom is 0.305 e. The third kappa shape index (κ3) is 73.0. The molecule has 2 atom stereocenters. The van der Waals surface area contributed by atoms with Crippen molar-refractivity contribution in [1.29, 1.82) is 0 Å². The van der Waals surface area contributed by atoms with Crippen molar-refractivity contribution in [3.05, 3.63) is 36.5 Å². The quantitative estimate of drug-likeness (QED) is 0.0320. The molecule has 514 valence electrons. The Hall–Kier alpha value is -1.92. The molecule has 0 aliphatic rings. The van der Waals surface area contributed by atoms with Crippen LogP contribution in [0.3, 0.4) is 0 Å². The zero-order valence-electron chi connectivity index (χ0n) is 59.0. The van der Waals surface area contributed by atoms with Gasteiger partial charge in [0.1, 0.15) is 0 Å². The molecule has 0 spiro atoms. The minimum atomic E-state index is -0.846. The van der Waals surface area contributed by atoms with Crippen LogP contribution >= 0.6 is 0 Å². The Morgan fingerprint density at radius 2 is 0.575 bits per heavy atom. The summed E-state index contributed by atoms with van der Waals surface area (Å²) in [6.45, 7) is 4.95. The fourth-order valence-corrected chi connectivity index (χ4v) is 12.6. The highest BCUT2D eigenvalue weighted by Crippen LogP contribution is 2.20. The van der Waals surface area contributed by atoms with Crippen LogP contribution in [0, 0.1) is 0 Å². The number of ether oxygens (including phenoxy) is 1. The predicted molar refractivity (Wildman–Crippen MR) is 384 cm³/mol. The second-order valence-electron chi connectivity index (χ2n) is 27.4. The van der Waals surface area contributed by atoms with Gasteiger partial charge in [-0.2, -0.15) is 0 Å². The first-order valence-electron chi connectivity index (χ1n) is 39.8. The van der Waals surface area contributed by atoms with Crippen LogP contribution in [0.1, 0.15) is 444 Å². The lowest BCUT2D eigenvalue weighted by Gasteiger charge is -2.20. The van der Waals surface area contributed by atoms with Crippen LogP contribution in [0.2, 0.25) is 0 Å². The van der Waals surface area contributed by atoms with E-state index in [1.54, 1.807) is 6.08 Å². The summed E-state index contributed by atoms with van der Waals surface area (Å²) < 4.78 is 5.49. The van der Waals surface area contributed by atoms with E-state index in [0.29, 0.717) is 19.4 Å². The molecule has 0 bridgehead atoms. The first-order chi connectivity index (χ1) is 43.0. The maximum absolute atomic E-state index is 12.6. The van der Waals surface area contributed by atoms with Gasteiger partial charge >= 0.3 is 5.97 Å². The molecule has 1 amide bonds. The van der Waals surface area contributed by atoms with Crippen molar-refractivity contribution in [1.82, 2.24) is 5.32 Å². The van der Waals surface area contributed by atoms with Crippen molar-refractivity contribution < 1.29 is 24.5 Å². The Labute approximate surface area is 544 Å². The zero-order chi connectivity index (χ0) is 62.8. The number of hydrogen-bond donors (Lipinski definition) is 3. The van der Waals surface area contributed by atoms with Crippen LogP contribution in [0.25, 0.3) is 0 Å². The first kappa shape index (κ1) is 85.1. The molecule has 0 aromatic carbocycles. The number of unbranched alkanes of at least 4 members (excludes halogenated alkanes) is 60. The van der Waals surface area contributed by atoms with Gasteiger partial charge in [0.05, 0.1) is 25.4 Å². The molecule has 0 heterocycles. The molecule has 87 heavy (non-hydrogen) atoms. The van der Waals surface area contributed by atoms with Gasteiger partial charge in [-0.3, -0.25) is 9.59 Å². The molecule has 6 heteroatoms. The van der Waals surface area contributed by atoms with Crippen LogP contribution in [0.5, 0.6) is 0 Å². The van der Waals surface area contributed by atoms with Gasteiger partial charge in [0, 0.05) is 12.8 Å². The number of carbonyl (C=O) groups excluding carboxylic acids is 2. The molecule has 0 radical (unpaired) electrons. The van der Waals surface area contributed by atoms with E-state index < -0.39 is 12.1 Å². The smallest absolute Gasteiger partial charge is 0.305 e. The number of allylic oxidation sites excluding steroid dienone is 5. The maximum atomic E-state index is 12.6. The summed E-state index contributed by atoms with van der Waals surface area (Å²) in [5.74, 6) is -0.0464. The number of aliphatic hydroxyl groups is 2. The highest BCUT2D eigenvalue weighted by Gasteiger charge is 2.18. The van der Waals surface area contributed by atoms with Gasteiger partial charge in [-0.15, -0.1) is 0 Å². The van der Waals surface area contributed by atoms with E-state index in [1.807, 2.05) is 6.08 Å². The molecule has 2 unspecified atom stereocenters. The molecule has 0 fully saturated rings. The van der Waals surface area contributed by atoms with Crippen LogP contribution in [0.4, 0.5) is 0 Å². The molecule has 0 aliphatic carbocycles. The second kappa shape index (κ2) is 76.5. The highest BCUT2D eigenvalue weighted by molar-refractivity contribution is 5.76. The van der Waals surface area contributed by atoms with E-state index in [1.165, 1.54) is 372 Å². The molecule has 0 rings (SSSR count). The summed E-state index contributed by atoms with van der Waals surface area (Å²) in [5.41, 5.74) is 0. The molecular formula is C81H155NO5. The molecule has 0 aromatic heterocycles. The van der Waals surface area contributed by atoms with Gasteiger partial charge in [-0.25, -0.2) is 0 Å². The number of esters is 1. The predicted octanol–water partition coefficient (Wildman–Crippen LogP) is 26.2. The van der Waals surface area contributed by atoms with E-state index >= 15 is 0 Å². The minimum absolute atomic E-state index is 0.0159. The van der Waals surface area contributed by atoms with E-state index in [4.69, 9.17) is 4.74 Å². The Morgan fingerprint density at radius 1 is 0.322 bits per heavy atom. The molecule has 0 aliphatic heterocycles. The number of hydrogen-bond acceptors (Lipinski definition) is 5. The fourth-order valence-electron chi connectivity index (χ4n) is 12.6. The Morgan fingerprint density at radius 3 is 0.874 bits per heavy atom. The molecule has 0 aromatic rings. The van der Waals surface area contributed by atoms with Crippen molar-refractivity contribution in [2.75, 3.05) is 13.2 Å². The van der Waals surface area contributed by atoms with Crippen LogP contribution < -0.4 is 5.32 Å². The Kier molecular flexibility index (Phi) is 74.8. The summed E-state index contributed by atoms with van der Waals surface area (Å²) in [4.78, 5) is 24.6. The summed E-state index contributed by atoms with van der Waals surface area (Å²) in [6, 6.07) is -0.629. The number of rotatable bonds is 75. The van der Waals surface area contributed by atoms with Crippen LogP contribution in [-0.2, 0) is 14.3 Å². The summed E-state index contributed by atoms with van der Waals surface area (Å²) in [6.07, 6.45) is 99.8. The number of aliphatic hydroxyl groups excluding tert-OH is 2. The molecule has 0 saturated heterocycles. The normalized spacial score (nSPS) is 12.6. The van der Waals surface area contributed by atoms with Crippen molar-refractivity contribution >= 4 is 11.9 Å². The van der Waals surface area contributed by atoms with Crippen LogP contribution in [-0.4, -0.2) is 47.4 Å². The number of amides is 1. The van der Waals surface area contributed by atoms with Gasteiger partial charge in [0.2, 0.25) is 5.91 Å². The van der Waals surface area contributed by atoms with Gasteiger partial charge < -0.3 is 20.3 Å². The monoisotopic (exact) mass is 1220 g/mol. The summed E-state index contributed by atoms with van der Waals surface area (Å²) in [5, 5.41) is 23.3. The highest BCUT2D eigenvalue weighted by atomic mass is 16.5. The Bertz CT molecular complexity index is 1410. The standard InChI is InChI=1S/C81H155NO5/c1-3-5-7-9-11-13-15-17-19-20-21-22-23-31-34-37-40-43-46-49-53-57-61-65-69-73-79(84)78(77-83)82-80(85)74-70-66-62-58-54-50-47-44-41-38-35-32-29-27-25-24-26-28-30-33-36-39-42-45-48-52-56-60-64-68-72-76-87-81(86)75-71-67-63-59-55-51-18-16-14-12-10-8-6-4-2/h26,28,33,36,69,73,78-79,83-84H,3-25,27,29-32,34-35,37-68,70-72,74-77H2,1-2H3,(H,82,85)/b28-26-,36-33-,73-69+. The number of nitrogens with one attached hydrogen (secondary N) is 1. The molecular weight excluding hydrogens is 1070 g/mol. The summed E-state index contributed by atoms with van der Waals surface area (Å²) in [7, 11) is 0. The largest absolute Gasteiger partial charge is 0.466 e. The third-order valence-electron chi connectivity index (χ3n) is 18.7. The van der Waals surface area contributed by atoms with E-state index in [-0.39, 0.29) is 18.5 Å². The lowest BCUT2D eigenvalue weighted by molar-refractivity contribution is -0.143. The molecule has 6 nitrogen and oxygen atoms in total. The SMILES string of the molecule is CCCCCCCCCCCCCCCCCCCCCCCCC/C=C/C(O)C(CO)NC(=O)CCCCCCCCCCCCCCCCC/C=C\C/C=C\CCCCCCCCCCCOC(=O)CCCCCCCCCCCCCCCC. The van der Waals surface area contributed by atoms with Crippen molar-refractivity contribution in [3.63, 3.8) is 0 Å². The van der Waals surface area contributed by atoms with E-state index in [9.17, 15) is 19.8 Å². The van der Waals surface area contributed by atoms with Gasteiger partial charge in [-0.05, 0) is 64.2 Å². The number of carbonyl (C=O) groups is 2. The van der Waals surface area contributed by atoms with Crippen molar-refractivity contribution in [3.8, 4) is 0 Å². The van der Waals surface area contributed by atoms with Gasteiger partial charge in [0.15, 0.2) is 0 Å². The third-order valence-corrected chi connectivity index (χ3v) is 18.7. The van der Waals surface area contributed by atoms with E-state index in [2.05, 4.69) is 43.5 Å². The second-order valence-corrected chi connectivity index (χ2v) is 27.4. The average Bonchev–Trinajstić information content (AvgIpc) is 3.53. The lowest BCUT2D eigenvalue weighted by atomic mass is 10.0. The molecule has 3 N–H and O–H groups in total. The minimum Gasteiger partial charge on any atom is -0.466 e. The van der Waals surface area contributed by atoms with Crippen molar-refractivity contribution in [2.24, 2.45) is 0 Å². The topological polar surface area (TPSA) is 95.9 Å². The van der Waals surface area contributed by atoms with Crippen LogP contribution in [0.15, 0.2) is 36.5 Å².